The van der Waals surface area contributed by atoms with Crippen LogP contribution >= 0.6 is 0 Å². The highest BCUT2D eigenvalue weighted by atomic mass is 16.1. The Morgan fingerprint density at radius 2 is 1.88 bits per heavy atom. The van der Waals surface area contributed by atoms with Gasteiger partial charge in [0.25, 0.3) is 0 Å². The van der Waals surface area contributed by atoms with Gasteiger partial charge in [0.15, 0.2) is 0 Å². The third kappa shape index (κ3) is 5.26. The van der Waals surface area contributed by atoms with Gasteiger partial charge < -0.3 is 5.32 Å². The molecular formula is C20H32N4O. The molecule has 138 valence electrons. The molecule has 1 fully saturated rings. The zero-order chi connectivity index (χ0) is 18.9. The SMILES string of the molecule is C=C/C=c1/cc(C(N)(N)N2CCC(NC=O)CC2)cc/c1=C/C.CC. The van der Waals surface area contributed by atoms with Crippen LogP contribution in [0.4, 0.5) is 0 Å². The number of carbonyl (C=O) groups excluding carboxylic acids is 1. The second-order valence-corrected chi connectivity index (χ2v) is 5.91. The van der Waals surface area contributed by atoms with Crippen LogP contribution in [0.3, 0.4) is 0 Å². The number of allylic oxidation sites excluding steroid dienone is 1. The molecule has 5 nitrogen and oxygen atoms in total. The Hall–Kier alpha value is -1.95. The average Bonchev–Trinajstić information content (AvgIpc) is 2.64. The van der Waals surface area contributed by atoms with Gasteiger partial charge in [-0.3, -0.25) is 21.2 Å². The molecule has 1 aromatic carbocycles. The van der Waals surface area contributed by atoms with Crippen LogP contribution in [-0.2, 0) is 10.6 Å². The summed E-state index contributed by atoms with van der Waals surface area (Å²) in [4.78, 5) is 12.6. The minimum absolute atomic E-state index is 0.210. The fourth-order valence-electron chi connectivity index (χ4n) is 3.05. The number of likely N-dealkylation sites (tertiary alicyclic amines) is 1. The van der Waals surface area contributed by atoms with E-state index in [2.05, 4.69) is 16.8 Å². The topological polar surface area (TPSA) is 84.4 Å². The lowest BCUT2D eigenvalue weighted by molar-refractivity contribution is -0.110. The smallest absolute Gasteiger partial charge is 0.207 e. The number of hydrogen-bond donors (Lipinski definition) is 3. The van der Waals surface area contributed by atoms with Gasteiger partial charge in [-0.05, 0) is 36.3 Å². The van der Waals surface area contributed by atoms with Crippen LogP contribution in [0.15, 0.2) is 30.9 Å². The van der Waals surface area contributed by atoms with Crippen LogP contribution < -0.4 is 27.2 Å². The molecule has 0 saturated carbocycles. The van der Waals surface area contributed by atoms with Crippen molar-refractivity contribution in [3.8, 4) is 0 Å². The monoisotopic (exact) mass is 344 g/mol. The number of nitrogens with two attached hydrogens (primary N) is 2. The summed E-state index contributed by atoms with van der Waals surface area (Å²) in [6.45, 7) is 11.3. The van der Waals surface area contributed by atoms with Gasteiger partial charge in [-0.25, -0.2) is 0 Å². The van der Waals surface area contributed by atoms with Crippen LogP contribution in [0.25, 0.3) is 12.2 Å². The molecule has 1 aliphatic rings. The maximum atomic E-state index is 10.5. The lowest BCUT2D eigenvalue weighted by Crippen LogP contribution is -2.63. The number of nitrogens with zero attached hydrogens (tertiary/aromatic N) is 1. The van der Waals surface area contributed by atoms with E-state index in [1.807, 2.05) is 51.1 Å². The molecule has 0 radical (unpaired) electrons. The Kier molecular flexibility index (Phi) is 8.55. The second-order valence-electron chi connectivity index (χ2n) is 5.91. The third-order valence-corrected chi connectivity index (χ3v) is 4.48. The van der Waals surface area contributed by atoms with Crippen molar-refractivity contribution >= 4 is 18.6 Å². The predicted octanol–water partition coefficient (Wildman–Crippen LogP) is 0.718. The Morgan fingerprint density at radius 3 is 2.40 bits per heavy atom. The van der Waals surface area contributed by atoms with E-state index in [1.165, 1.54) is 0 Å². The van der Waals surface area contributed by atoms with E-state index < -0.39 is 5.79 Å². The van der Waals surface area contributed by atoms with E-state index in [4.69, 9.17) is 11.5 Å². The number of piperidine rings is 1. The molecule has 2 rings (SSSR count). The minimum Gasteiger partial charge on any atom is -0.356 e. The van der Waals surface area contributed by atoms with Gasteiger partial charge in [-0.15, -0.1) is 0 Å². The summed E-state index contributed by atoms with van der Waals surface area (Å²) in [6, 6.07) is 6.24. The van der Waals surface area contributed by atoms with Crippen molar-refractivity contribution in [2.24, 2.45) is 11.5 Å². The molecular weight excluding hydrogens is 312 g/mol. The third-order valence-electron chi connectivity index (χ3n) is 4.48. The minimum atomic E-state index is -1.03. The molecule has 1 amide bonds. The van der Waals surface area contributed by atoms with Gasteiger partial charge in [-0.2, -0.15) is 0 Å². The maximum absolute atomic E-state index is 10.5. The maximum Gasteiger partial charge on any atom is 0.207 e. The molecule has 0 bridgehead atoms. The largest absolute Gasteiger partial charge is 0.356 e. The molecule has 1 saturated heterocycles. The molecule has 25 heavy (non-hydrogen) atoms. The number of rotatable bonds is 5. The first-order valence-corrected chi connectivity index (χ1v) is 8.95. The fourth-order valence-corrected chi connectivity index (χ4v) is 3.05. The highest BCUT2D eigenvalue weighted by Gasteiger charge is 2.33. The first-order valence-electron chi connectivity index (χ1n) is 8.95. The Bertz CT molecular complexity index is 673. The Balaban J connectivity index is 0.00000151. The molecule has 5 heteroatoms. The number of amides is 1. The van der Waals surface area contributed by atoms with Crippen molar-refractivity contribution in [1.82, 2.24) is 10.2 Å². The number of carbonyl (C=O) groups is 1. The first-order chi connectivity index (χ1) is 12.0. The van der Waals surface area contributed by atoms with E-state index >= 15 is 0 Å². The normalized spacial score (nSPS) is 17.6. The summed E-state index contributed by atoms with van der Waals surface area (Å²) < 4.78 is 0. The molecule has 1 heterocycles. The summed E-state index contributed by atoms with van der Waals surface area (Å²) in [5, 5.41) is 5.01. The lowest BCUT2D eigenvalue weighted by Gasteiger charge is -2.42. The summed E-state index contributed by atoms with van der Waals surface area (Å²) >= 11 is 0. The van der Waals surface area contributed by atoms with Gasteiger partial charge >= 0.3 is 0 Å². The zero-order valence-electron chi connectivity index (χ0n) is 15.7. The van der Waals surface area contributed by atoms with Gasteiger partial charge in [0.05, 0.1) is 0 Å². The highest BCUT2D eigenvalue weighted by molar-refractivity contribution is 5.46. The van der Waals surface area contributed by atoms with Gasteiger partial charge in [0.1, 0.15) is 5.79 Å². The van der Waals surface area contributed by atoms with E-state index in [0.29, 0.717) is 0 Å². The van der Waals surface area contributed by atoms with Crippen molar-refractivity contribution < 1.29 is 4.79 Å². The summed E-state index contributed by atoms with van der Waals surface area (Å²) in [7, 11) is 0. The van der Waals surface area contributed by atoms with E-state index in [0.717, 1.165) is 48.3 Å². The molecule has 0 aliphatic carbocycles. The number of nitrogens with one attached hydrogen (secondary N) is 1. The zero-order valence-corrected chi connectivity index (χ0v) is 15.7. The molecule has 0 atom stereocenters. The Labute approximate surface area is 151 Å². The van der Waals surface area contributed by atoms with Crippen LogP contribution in [0.1, 0.15) is 39.2 Å². The first kappa shape index (κ1) is 21.1. The standard InChI is InChI=1S/C18H26N4O.C2H6/c1-3-5-15-12-16(7-6-14(15)4-2)18(19,20)22-10-8-17(9-11-22)21-13-23;1-2/h3-7,12-13,17H,1,8-11,19-20H2,2H3,(H,21,23);1-2H3/b14-4-,15-5-;. The van der Waals surface area contributed by atoms with Gasteiger partial charge in [0.2, 0.25) is 6.41 Å². The van der Waals surface area contributed by atoms with Crippen molar-refractivity contribution in [2.45, 2.75) is 45.4 Å². The molecule has 1 aliphatic heterocycles. The highest BCUT2D eigenvalue weighted by Crippen LogP contribution is 2.21. The summed E-state index contributed by atoms with van der Waals surface area (Å²) in [6.07, 6.45) is 8.22. The average molecular weight is 345 g/mol. The number of benzene rings is 1. The van der Waals surface area contributed by atoms with E-state index in [-0.39, 0.29) is 6.04 Å². The van der Waals surface area contributed by atoms with Crippen molar-refractivity contribution in [3.63, 3.8) is 0 Å². The fraction of sp³-hybridized carbons (Fsp3) is 0.450. The van der Waals surface area contributed by atoms with Crippen LogP contribution in [-0.4, -0.2) is 30.4 Å². The summed E-state index contributed by atoms with van der Waals surface area (Å²) in [5.74, 6) is -1.03. The van der Waals surface area contributed by atoms with Crippen LogP contribution in [0, 0.1) is 0 Å². The number of hydrogen-bond acceptors (Lipinski definition) is 4. The molecule has 0 spiro atoms. The van der Waals surface area contributed by atoms with Crippen molar-refractivity contribution in [3.05, 3.63) is 46.9 Å². The van der Waals surface area contributed by atoms with Crippen LogP contribution in [0.2, 0.25) is 0 Å². The quantitative estimate of drug-likeness (QED) is 0.543. The molecule has 0 aromatic heterocycles. The predicted molar refractivity (Wildman–Crippen MR) is 106 cm³/mol. The van der Waals surface area contributed by atoms with Crippen molar-refractivity contribution in [2.75, 3.05) is 13.1 Å². The van der Waals surface area contributed by atoms with Gasteiger partial charge in [0, 0.05) is 24.7 Å². The molecule has 0 unspecified atom stereocenters. The van der Waals surface area contributed by atoms with E-state index in [9.17, 15) is 4.79 Å². The Morgan fingerprint density at radius 1 is 1.24 bits per heavy atom. The second kappa shape index (κ2) is 10.1. The van der Waals surface area contributed by atoms with Crippen molar-refractivity contribution in [1.29, 1.82) is 0 Å². The summed E-state index contributed by atoms with van der Waals surface area (Å²) in [5.41, 5.74) is 13.8. The van der Waals surface area contributed by atoms with Crippen LogP contribution in [0.5, 0.6) is 0 Å². The van der Waals surface area contributed by atoms with E-state index in [1.54, 1.807) is 6.08 Å². The molecule has 1 aromatic rings. The van der Waals surface area contributed by atoms with Gasteiger partial charge in [-0.1, -0.05) is 50.8 Å². The molecule has 5 N–H and O–H groups in total. The lowest BCUT2D eigenvalue weighted by atomic mass is 9.99.